The van der Waals surface area contributed by atoms with Crippen LogP contribution in [0.1, 0.15) is 56.6 Å². The molecule has 4 nitrogen and oxygen atoms in total. The maximum atomic E-state index is 11.1. The van der Waals surface area contributed by atoms with Crippen LogP contribution in [-0.4, -0.2) is 16.1 Å². The number of ether oxygens (including phenoxy) is 1. The first-order valence-electron chi connectivity index (χ1n) is 7.09. The molecule has 0 saturated heterocycles. The highest BCUT2D eigenvalue weighted by atomic mass is 31.2. The van der Waals surface area contributed by atoms with Crippen molar-refractivity contribution in [2.24, 2.45) is 5.92 Å². The molecule has 1 saturated carbocycles. The quantitative estimate of drug-likeness (QED) is 0.783. The summed E-state index contributed by atoms with van der Waals surface area (Å²) in [5, 5.41) is 0. The SMILES string of the molecule is CC(C)c1cccc([C@@H](C)C2CC2)c1OCP(=O)(O)O. The van der Waals surface area contributed by atoms with Gasteiger partial charge >= 0.3 is 7.60 Å². The highest BCUT2D eigenvalue weighted by molar-refractivity contribution is 7.51. The Labute approximate surface area is 120 Å². The van der Waals surface area contributed by atoms with E-state index in [4.69, 9.17) is 14.5 Å². The van der Waals surface area contributed by atoms with E-state index in [1.165, 1.54) is 12.8 Å². The Hall–Kier alpha value is -0.830. The van der Waals surface area contributed by atoms with E-state index in [1.54, 1.807) is 0 Å². The van der Waals surface area contributed by atoms with Crippen molar-refractivity contribution < 1.29 is 19.1 Å². The van der Waals surface area contributed by atoms with Crippen molar-refractivity contribution >= 4 is 7.60 Å². The molecule has 20 heavy (non-hydrogen) atoms. The van der Waals surface area contributed by atoms with E-state index in [-0.39, 0.29) is 5.92 Å². The molecule has 0 heterocycles. The van der Waals surface area contributed by atoms with Gasteiger partial charge in [-0.05, 0) is 41.7 Å². The summed E-state index contributed by atoms with van der Waals surface area (Å²) in [6, 6.07) is 6.00. The van der Waals surface area contributed by atoms with Crippen LogP contribution in [0.5, 0.6) is 5.75 Å². The fraction of sp³-hybridized carbons (Fsp3) is 0.600. The molecule has 1 aromatic rings. The second-order valence-electron chi connectivity index (χ2n) is 5.98. The van der Waals surface area contributed by atoms with E-state index in [9.17, 15) is 4.57 Å². The predicted octanol–water partition coefficient (Wildman–Crippen LogP) is 3.84. The van der Waals surface area contributed by atoms with Crippen LogP contribution in [-0.2, 0) is 4.57 Å². The van der Waals surface area contributed by atoms with E-state index < -0.39 is 13.9 Å². The van der Waals surface area contributed by atoms with E-state index in [1.807, 2.05) is 18.2 Å². The standard InChI is InChI=1S/C15H23O4P/c1-10(2)13-5-4-6-14(11(3)12-7-8-12)15(13)19-9-20(16,17)18/h4-6,10-12H,7-9H2,1-3H3,(H2,16,17,18)/t11-/m0/s1. The maximum absolute atomic E-state index is 11.1. The second-order valence-corrected chi connectivity index (χ2v) is 7.57. The third-order valence-electron chi connectivity index (χ3n) is 3.89. The Morgan fingerprint density at radius 1 is 1.25 bits per heavy atom. The predicted molar refractivity (Wildman–Crippen MR) is 79.2 cm³/mol. The Morgan fingerprint density at radius 3 is 2.35 bits per heavy atom. The Bertz CT molecular complexity index is 517. The first-order chi connectivity index (χ1) is 9.29. The number of hydrogen-bond donors (Lipinski definition) is 2. The van der Waals surface area contributed by atoms with Gasteiger partial charge in [0.1, 0.15) is 5.75 Å². The van der Waals surface area contributed by atoms with Crippen molar-refractivity contribution in [2.45, 2.75) is 45.4 Å². The molecule has 0 spiro atoms. The summed E-state index contributed by atoms with van der Waals surface area (Å²) in [4.78, 5) is 18.1. The molecule has 112 valence electrons. The van der Waals surface area contributed by atoms with Gasteiger partial charge in [-0.3, -0.25) is 4.57 Å². The van der Waals surface area contributed by atoms with Gasteiger partial charge < -0.3 is 14.5 Å². The molecule has 1 fully saturated rings. The molecule has 0 aliphatic heterocycles. The fourth-order valence-corrected chi connectivity index (χ4v) is 2.85. The van der Waals surface area contributed by atoms with Crippen LogP contribution >= 0.6 is 7.60 Å². The summed E-state index contributed by atoms with van der Waals surface area (Å²) in [6.07, 6.45) is 1.90. The smallest absolute Gasteiger partial charge is 0.362 e. The highest BCUT2D eigenvalue weighted by Crippen LogP contribution is 2.47. The third-order valence-corrected chi connectivity index (χ3v) is 4.36. The zero-order valence-electron chi connectivity index (χ0n) is 12.2. The molecule has 5 heteroatoms. The molecule has 1 aliphatic rings. The molecule has 1 aromatic carbocycles. The van der Waals surface area contributed by atoms with Crippen molar-refractivity contribution in [2.75, 3.05) is 6.35 Å². The van der Waals surface area contributed by atoms with Gasteiger partial charge in [0.2, 0.25) is 0 Å². The Balaban J connectivity index is 2.34. The van der Waals surface area contributed by atoms with Gasteiger partial charge in [0.15, 0.2) is 6.35 Å². The van der Waals surface area contributed by atoms with Crippen molar-refractivity contribution in [1.29, 1.82) is 0 Å². The van der Waals surface area contributed by atoms with Gasteiger partial charge in [0.25, 0.3) is 0 Å². The average molecular weight is 298 g/mol. The van der Waals surface area contributed by atoms with Gasteiger partial charge in [-0.15, -0.1) is 0 Å². The lowest BCUT2D eigenvalue weighted by Gasteiger charge is -2.21. The normalized spacial score (nSPS) is 17.3. The molecule has 2 rings (SSSR count). The Morgan fingerprint density at radius 2 is 1.85 bits per heavy atom. The van der Waals surface area contributed by atoms with Gasteiger partial charge in [0.05, 0.1) is 0 Å². The van der Waals surface area contributed by atoms with Crippen LogP contribution in [0, 0.1) is 5.92 Å². The van der Waals surface area contributed by atoms with Gasteiger partial charge in [0, 0.05) is 0 Å². The third kappa shape index (κ3) is 3.85. The summed E-state index contributed by atoms with van der Waals surface area (Å²) < 4.78 is 16.6. The summed E-state index contributed by atoms with van der Waals surface area (Å²) in [5.74, 6) is 1.98. The first-order valence-corrected chi connectivity index (χ1v) is 8.89. The molecular formula is C15H23O4P. The zero-order valence-corrected chi connectivity index (χ0v) is 13.1. The molecule has 1 atom stereocenters. The summed E-state index contributed by atoms with van der Waals surface area (Å²) >= 11 is 0. The van der Waals surface area contributed by atoms with Crippen LogP contribution in [0.25, 0.3) is 0 Å². The van der Waals surface area contributed by atoms with Crippen molar-refractivity contribution in [3.05, 3.63) is 29.3 Å². The van der Waals surface area contributed by atoms with Crippen LogP contribution in [0.3, 0.4) is 0 Å². The maximum Gasteiger partial charge on any atom is 0.362 e. The number of hydrogen-bond acceptors (Lipinski definition) is 2. The summed E-state index contributed by atoms with van der Waals surface area (Å²) in [7, 11) is -4.16. The van der Waals surface area contributed by atoms with Gasteiger partial charge in [-0.25, -0.2) is 0 Å². The van der Waals surface area contributed by atoms with Crippen LogP contribution in [0.2, 0.25) is 0 Å². The first kappa shape index (κ1) is 15.6. The molecule has 0 radical (unpaired) electrons. The lowest BCUT2D eigenvalue weighted by molar-refractivity contribution is 0.295. The van der Waals surface area contributed by atoms with Gasteiger partial charge in [-0.1, -0.05) is 39.0 Å². The lowest BCUT2D eigenvalue weighted by atomic mass is 9.90. The second kappa shape index (κ2) is 5.88. The Kier molecular flexibility index (Phi) is 4.58. The topological polar surface area (TPSA) is 66.8 Å². The molecule has 1 aliphatic carbocycles. The van der Waals surface area contributed by atoms with Crippen LogP contribution < -0.4 is 4.74 Å². The number of rotatable bonds is 6. The van der Waals surface area contributed by atoms with Crippen LogP contribution in [0.4, 0.5) is 0 Å². The summed E-state index contributed by atoms with van der Waals surface area (Å²) in [6.45, 7) is 6.29. The molecular weight excluding hydrogens is 275 g/mol. The van der Waals surface area contributed by atoms with E-state index in [2.05, 4.69) is 20.8 Å². The summed E-state index contributed by atoms with van der Waals surface area (Å²) in [5.41, 5.74) is 2.09. The number of benzene rings is 1. The minimum atomic E-state index is -4.16. The van der Waals surface area contributed by atoms with E-state index >= 15 is 0 Å². The molecule has 0 amide bonds. The fourth-order valence-electron chi connectivity index (χ4n) is 2.55. The van der Waals surface area contributed by atoms with Crippen molar-refractivity contribution in [3.8, 4) is 5.75 Å². The zero-order chi connectivity index (χ0) is 14.9. The van der Waals surface area contributed by atoms with Crippen molar-refractivity contribution in [3.63, 3.8) is 0 Å². The molecule has 2 N–H and O–H groups in total. The number of para-hydroxylation sites is 1. The van der Waals surface area contributed by atoms with Gasteiger partial charge in [-0.2, -0.15) is 0 Å². The highest BCUT2D eigenvalue weighted by Gasteiger charge is 2.31. The molecule has 0 aromatic heterocycles. The van der Waals surface area contributed by atoms with E-state index in [0.717, 1.165) is 11.1 Å². The molecule has 0 unspecified atom stereocenters. The van der Waals surface area contributed by atoms with Crippen LogP contribution in [0.15, 0.2) is 18.2 Å². The minimum absolute atomic E-state index is 0.258. The lowest BCUT2D eigenvalue weighted by Crippen LogP contribution is -2.07. The largest absolute Gasteiger partial charge is 0.480 e. The average Bonchev–Trinajstić information content (AvgIpc) is 3.18. The monoisotopic (exact) mass is 298 g/mol. The van der Waals surface area contributed by atoms with Crippen molar-refractivity contribution in [1.82, 2.24) is 0 Å². The van der Waals surface area contributed by atoms with E-state index in [0.29, 0.717) is 17.6 Å². The minimum Gasteiger partial charge on any atom is -0.480 e. The molecule has 0 bridgehead atoms.